The number of carbonyl (C=O) groups is 1. The van der Waals surface area contributed by atoms with Gasteiger partial charge in [-0.25, -0.2) is 4.79 Å². The molecule has 1 rings (SSSR count). The van der Waals surface area contributed by atoms with Crippen LogP contribution in [0.1, 0.15) is 17.2 Å². The summed E-state index contributed by atoms with van der Waals surface area (Å²) in [6, 6.07) is 5.57. The number of rotatable bonds is 4. The Morgan fingerprint density at radius 1 is 1.31 bits per heavy atom. The first-order valence-electron chi connectivity index (χ1n) is 4.25. The van der Waals surface area contributed by atoms with E-state index in [9.17, 15) is 18.3 Å². The predicted octanol–water partition coefficient (Wildman–Crippen LogP) is 0.192. The van der Waals surface area contributed by atoms with Crippen molar-refractivity contribution in [2.24, 2.45) is 0 Å². The third kappa shape index (κ3) is 3.30. The minimum absolute atomic E-state index is 0.0485. The maximum Gasteiger partial charge on any atom is 0.337 e. The molecule has 16 heavy (non-hydrogen) atoms. The Bertz CT molecular complexity index is 492. The van der Waals surface area contributed by atoms with Crippen LogP contribution in [0.2, 0.25) is 0 Å². The van der Waals surface area contributed by atoms with E-state index in [4.69, 9.17) is 9.66 Å². The highest BCUT2D eigenvalue weighted by Gasteiger charge is 2.21. The maximum atomic E-state index is 10.7. The fraction of sp³-hybridized carbons (Fsp3) is 0.222. The lowest BCUT2D eigenvalue weighted by atomic mass is 10.0. The van der Waals surface area contributed by atoms with Gasteiger partial charge in [-0.1, -0.05) is 24.3 Å². The third-order valence-corrected chi connectivity index (χ3v) is 2.60. The lowest BCUT2D eigenvalue weighted by Crippen LogP contribution is -2.14. The molecule has 88 valence electrons. The average Bonchev–Trinajstić information content (AvgIpc) is 2.15. The van der Waals surface area contributed by atoms with Crippen molar-refractivity contribution in [2.75, 3.05) is 0 Å². The smallest absolute Gasteiger partial charge is 0.337 e. The molecule has 0 amide bonds. The van der Waals surface area contributed by atoms with Crippen LogP contribution in [0.4, 0.5) is 0 Å². The molecule has 1 unspecified atom stereocenters. The van der Waals surface area contributed by atoms with E-state index >= 15 is 0 Å². The summed E-state index contributed by atoms with van der Waals surface area (Å²) in [5.74, 6) is -2.21. The van der Waals surface area contributed by atoms with Crippen molar-refractivity contribution in [3.05, 3.63) is 35.4 Å². The Hall–Kier alpha value is -1.44. The largest absolute Gasteiger partial charge is 0.479 e. The molecule has 0 aliphatic carbocycles. The molecule has 0 bridgehead atoms. The maximum absolute atomic E-state index is 10.7. The number of carboxylic acids is 1. The number of aliphatic carboxylic acids is 1. The molecule has 3 N–H and O–H groups in total. The van der Waals surface area contributed by atoms with Crippen LogP contribution in [0.25, 0.3) is 0 Å². The second-order valence-corrected chi connectivity index (χ2v) is 4.62. The van der Waals surface area contributed by atoms with Crippen molar-refractivity contribution in [3.63, 3.8) is 0 Å². The van der Waals surface area contributed by atoms with Crippen LogP contribution in [0.3, 0.4) is 0 Å². The normalized spacial score (nSPS) is 13.4. The van der Waals surface area contributed by atoms with Gasteiger partial charge in [-0.3, -0.25) is 4.55 Å². The minimum atomic E-state index is -4.26. The van der Waals surface area contributed by atoms with E-state index in [1.54, 1.807) is 0 Å². The minimum Gasteiger partial charge on any atom is -0.479 e. The fourth-order valence-electron chi connectivity index (χ4n) is 1.26. The fourth-order valence-corrected chi connectivity index (χ4v) is 1.92. The summed E-state index contributed by atoms with van der Waals surface area (Å²) >= 11 is 0. The number of benzene rings is 1. The van der Waals surface area contributed by atoms with Gasteiger partial charge >= 0.3 is 5.97 Å². The summed E-state index contributed by atoms with van der Waals surface area (Å²) in [6.45, 7) is 0. The quantitative estimate of drug-likeness (QED) is 0.654. The topological polar surface area (TPSA) is 112 Å². The van der Waals surface area contributed by atoms with Gasteiger partial charge in [-0.05, 0) is 11.1 Å². The van der Waals surface area contributed by atoms with Gasteiger partial charge in [0.2, 0.25) is 0 Å². The zero-order valence-electron chi connectivity index (χ0n) is 8.07. The van der Waals surface area contributed by atoms with Crippen LogP contribution in [-0.4, -0.2) is 29.2 Å². The number of aliphatic hydroxyl groups is 1. The number of hydrogen-bond donors (Lipinski definition) is 3. The van der Waals surface area contributed by atoms with Gasteiger partial charge in [0.15, 0.2) is 6.10 Å². The highest BCUT2D eigenvalue weighted by molar-refractivity contribution is 7.85. The molecule has 0 aliphatic heterocycles. The van der Waals surface area contributed by atoms with E-state index in [1.165, 1.54) is 24.3 Å². The van der Waals surface area contributed by atoms with Gasteiger partial charge in [0, 0.05) is 0 Å². The van der Waals surface area contributed by atoms with E-state index in [1.807, 2.05) is 0 Å². The van der Waals surface area contributed by atoms with Crippen LogP contribution in [0.5, 0.6) is 0 Å². The summed E-state index contributed by atoms with van der Waals surface area (Å²) in [7, 11) is -4.26. The summed E-state index contributed by atoms with van der Waals surface area (Å²) < 4.78 is 30.0. The van der Waals surface area contributed by atoms with Gasteiger partial charge < -0.3 is 10.2 Å². The monoisotopic (exact) mass is 246 g/mol. The zero-order valence-corrected chi connectivity index (χ0v) is 8.88. The third-order valence-electron chi connectivity index (χ3n) is 1.92. The van der Waals surface area contributed by atoms with Crippen LogP contribution in [0.15, 0.2) is 24.3 Å². The summed E-state index contributed by atoms with van der Waals surface area (Å²) in [4.78, 5) is 10.6. The Morgan fingerprint density at radius 2 is 1.88 bits per heavy atom. The van der Waals surface area contributed by atoms with Crippen LogP contribution in [-0.2, 0) is 20.7 Å². The van der Waals surface area contributed by atoms with Gasteiger partial charge in [-0.15, -0.1) is 0 Å². The van der Waals surface area contributed by atoms with Gasteiger partial charge in [0.1, 0.15) is 5.75 Å². The molecule has 0 saturated heterocycles. The van der Waals surface area contributed by atoms with Crippen molar-refractivity contribution in [3.8, 4) is 0 Å². The first-order chi connectivity index (χ1) is 7.31. The van der Waals surface area contributed by atoms with Crippen molar-refractivity contribution in [1.29, 1.82) is 0 Å². The van der Waals surface area contributed by atoms with Crippen molar-refractivity contribution < 1.29 is 28.0 Å². The van der Waals surface area contributed by atoms with E-state index in [-0.39, 0.29) is 11.1 Å². The molecular weight excluding hydrogens is 236 g/mol. The first-order valence-corrected chi connectivity index (χ1v) is 5.86. The van der Waals surface area contributed by atoms with E-state index in [2.05, 4.69) is 0 Å². The van der Waals surface area contributed by atoms with Crippen LogP contribution >= 0.6 is 0 Å². The van der Waals surface area contributed by atoms with Gasteiger partial charge in [0.05, 0.1) is 0 Å². The molecule has 0 radical (unpaired) electrons. The Balaban J connectivity index is 3.15. The molecule has 1 aromatic carbocycles. The number of carboxylic acid groups (broad SMARTS) is 1. The van der Waals surface area contributed by atoms with Gasteiger partial charge in [0.25, 0.3) is 10.1 Å². The molecule has 0 saturated carbocycles. The van der Waals surface area contributed by atoms with E-state index in [0.717, 1.165) is 0 Å². The molecule has 1 aromatic rings. The van der Waals surface area contributed by atoms with E-state index < -0.39 is 27.9 Å². The molecule has 0 heterocycles. The highest BCUT2D eigenvalue weighted by Crippen LogP contribution is 2.19. The van der Waals surface area contributed by atoms with Gasteiger partial charge in [-0.2, -0.15) is 8.42 Å². The molecule has 0 spiro atoms. The lowest BCUT2D eigenvalue weighted by Gasteiger charge is -2.10. The predicted molar refractivity (Wildman–Crippen MR) is 54.3 cm³/mol. The average molecular weight is 246 g/mol. The molecule has 6 nitrogen and oxygen atoms in total. The van der Waals surface area contributed by atoms with Crippen LogP contribution < -0.4 is 0 Å². The van der Waals surface area contributed by atoms with Crippen LogP contribution in [0, 0.1) is 0 Å². The molecule has 0 aromatic heterocycles. The lowest BCUT2D eigenvalue weighted by molar-refractivity contribution is -0.147. The molecule has 0 aliphatic rings. The van der Waals surface area contributed by atoms with E-state index in [0.29, 0.717) is 0 Å². The SMILES string of the molecule is O=C(O)C(O)c1ccccc1CS(=O)(=O)O. The second kappa shape index (κ2) is 4.60. The van der Waals surface area contributed by atoms with Crippen molar-refractivity contribution in [1.82, 2.24) is 0 Å². The zero-order chi connectivity index (χ0) is 12.3. The molecular formula is C9H10O6S. The highest BCUT2D eigenvalue weighted by atomic mass is 32.2. The Labute approximate surface area is 91.9 Å². The number of aliphatic hydroxyl groups excluding tert-OH is 1. The second-order valence-electron chi connectivity index (χ2n) is 3.17. The first kappa shape index (κ1) is 12.6. The van der Waals surface area contributed by atoms with Crippen molar-refractivity contribution in [2.45, 2.75) is 11.9 Å². The molecule has 7 heteroatoms. The molecule has 1 atom stereocenters. The Morgan fingerprint density at radius 3 is 2.38 bits per heavy atom. The summed E-state index contributed by atoms with van der Waals surface area (Å²) in [6.07, 6.45) is -1.81. The Kier molecular flexibility index (Phi) is 3.63. The van der Waals surface area contributed by atoms with Crippen molar-refractivity contribution >= 4 is 16.1 Å². The number of hydrogen-bond acceptors (Lipinski definition) is 4. The molecule has 0 fully saturated rings. The summed E-state index contributed by atoms with van der Waals surface area (Å²) in [5.41, 5.74) is 0.00697. The standard InChI is InChI=1S/C9H10O6S/c10-8(9(11)12)7-4-2-1-3-6(7)5-16(13,14)15/h1-4,8,10H,5H2,(H,11,12)(H,13,14,15). The summed E-state index contributed by atoms with van der Waals surface area (Å²) in [5, 5.41) is 17.9.